The molecule has 194 valence electrons. The summed E-state index contributed by atoms with van der Waals surface area (Å²) in [5.74, 6) is 2.00. The number of fused-ring (bicyclic) bond motifs is 1. The van der Waals surface area contributed by atoms with Crippen LogP contribution in [0.5, 0.6) is 5.75 Å². The zero-order valence-corrected chi connectivity index (χ0v) is 21.1. The summed E-state index contributed by atoms with van der Waals surface area (Å²) in [5, 5.41) is 14.5. The lowest BCUT2D eigenvalue weighted by Gasteiger charge is -2.17. The second kappa shape index (κ2) is 9.61. The van der Waals surface area contributed by atoms with Crippen molar-refractivity contribution in [1.29, 1.82) is 0 Å². The van der Waals surface area contributed by atoms with Crippen molar-refractivity contribution in [2.75, 3.05) is 36.2 Å². The van der Waals surface area contributed by atoms with E-state index in [9.17, 15) is 9.59 Å². The van der Waals surface area contributed by atoms with E-state index in [-0.39, 0.29) is 18.5 Å². The molecule has 38 heavy (non-hydrogen) atoms. The van der Waals surface area contributed by atoms with E-state index in [4.69, 9.17) is 9.72 Å². The fourth-order valence-electron chi connectivity index (χ4n) is 4.43. The number of aromatic nitrogens is 5. The second-order valence-corrected chi connectivity index (χ2v) is 9.44. The largest absolute Gasteiger partial charge is 0.497 e. The molecule has 2 aliphatic rings. The number of nitrogens with zero attached hydrogens (tertiary/aromatic N) is 7. The summed E-state index contributed by atoms with van der Waals surface area (Å²) in [6.07, 6.45) is 7.79. The third-order valence-electron chi connectivity index (χ3n) is 6.75. The minimum atomic E-state index is -0.339. The Balaban J connectivity index is 1.18. The molecular weight excluding hydrogens is 486 g/mol. The van der Waals surface area contributed by atoms with Crippen LogP contribution in [0.4, 0.5) is 22.2 Å². The molecule has 2 N–H and O–H groups in total. The van der Waals surface area contributed by atoms with Crippen LogP contribution in [0.3, 0.4) is 0 Å². The highest BCUT2D eigenvalue weighted by molar-refractivity contribution is 6.13. The molecule has 12 nitrogen and oxygen atoms in total. The van der Waals surface area contributed by atoms with Gasteiger partial charge in [0.25, 0.3) is 0 Å². The highest BCUT2D eigenvalue weighted by atomic mass is 16.5. The summed E-state index contributed by atoms with van der Waals surface area (Å²) in [7, 11) is 3.14. The van der Waals surface area contributed by atoms with Crippen molar-refractivity contribution in [3.05, 3.63) is 65.7 Å². The molecular formula is C26H27N9O3. The van der Waals surface area contributed by atoms with Gasteiger partial charge in [-0.05, 0) is 48.1 Å². The molecule has 1 aromatic carbocycles. The van der Waals surface area contributed by atoms with Crippen molar-refractivity contribution in [2.24, 2.45) is 0 Å². The highest BCUT2D eigenvalue weighted by Gasteiger charge is 2.36. The number of ether oxygens (including phenoxy) is 1. The molecule has 0 spiro atoms. The Bertz CT molecular complexity index is 1510. The van der Waals surface area contributed by atoms with Gasteiger partial charge in [0.2, 0.25) is 11.9 Å². The molecule has 12 heteroatoms. The number of imide groups is 1. The van der Waals surface area contributed by atoms with Gasteiger partial charge in [-0.15, -0.1) is 5.10 Å². The molecule has 1 aliphatic carbocycles. The minimum absolute atomic E-state index is 0.0124. The summed E-state index contributed by atoms with van der Waals surface area (Å²) in [6, 6.07) is 9.40. The molecule has 4 heterocycles. The van der Waals surface area contributed by atoms with Crippen LogP contribution in [-0.2, 0) is 17.9 Å². The first-order chi connectivity index (χ1) is 18.5. The lowest BCUT2D eigenvalue weighted by molar-refractivity contribution is -0.123. The van der Waals surface area contributed by atoms with Crippen LogP contribution in [0.2, 0.25) is 0 Å². The van der Waals surface area contributed by atoms with Crippen LogP contribution in [0.25, 0.3) is 5.65 Å². The number of imidazole rings is 1. The zero-order chi connectivity index (χ0) is 26.2. The van der Waals surface area contributed by atoms with E-state index in [1.807, 2.05) is 40.9 Å². The lowest BCUT2D eigenvalue weighted by Crippen LogP contribution is -2.30. The molecule has 3 amide bonds. The van der Waals surface area contributed by atoms with Crippen molar-refractivity contribution in [2.45, 2.75) is 31.8 Å². The van der Waals surface area contributed by atoms with Gasteiger partial charge < -0.3 is 19.8 Å². The summed E-state index contributed by atoms with van der Waals surface area (Å²) < 4.78 is 7.13. The van der Waals surface area contributed by atoms with E-state index in [0.717, 1.165) is 40.3 Å². The van der Waals surface area contributed by atoms with Gasteiger partial charge in [0.15, 0.2) is 11.5 Å². The number of methoxy groups -OCH3 is 1. The van der Waals surface area contributed by atoms with E-state index < -0.39 is 0 Å². The van der Waals surface area contributed by atoms with Gasteiger partial charge in [-0.25, -0.2) is 9.78 Å². The predicted molar refractivity (Wildman–Crippen MR) is 140 cm³/mol. The van der Waals surface area contributed by atoms with Crippen molar-refractivity contribution in [3.8, 4) is 5.75 Å². The Labute approximate surface area is 218 Å². The van der Waals surface area contributed by atoms with E-state index in [0.29, 0.717) is 42.1 Å². The summed E-state index contributed by atoms with van der Waals surface area (Å²) >= 11 is 0. The van der Waals surface area contributed by atoms with Crippen molar-refractivity contribution in [1.82, 2.24) is 29.5 Å². The van der Waals surface area contributed by atoms with E-state index in [2.05, 4.69) is 32.0 Å². The first-order valence-corrected chi connectivity index (χ1v) is 12.4. The number of carbonyl (C=O) groups excluding carboxylic acids is 2. The van der Waals surface area contributed by atoms with Crippen LogP contribution in [0, 0.1) is 0 Å². The maximum atomic E-state index is 12.7. The maximum absolute atomic E-state index is 12.7. The fraction of sp³-hybridized carbons (Fsp3) is 0.308. The number of hydrogen-bond acceptors (Lipinski definition) is 9. The molecule has 0 radical (unpaired) electrons. The third-order valence-corrected chi connectivity index (χ3v) is 6.75. The Morgan fingerprint density at radius 3 is 2.58 bits per heavy atom. The average Bonchev–Trinajstić information content (AvgIpc) is 3.66. The highest BCUT2D eigenvalue weighted by Crippen LogP contribution is 2.42. The number of amides is 3. The minimum Gasteiger partial charge on any atom is -0.497 e. The maximum Gasteiger partial charge on any atom is 0.331 e. The number of nitrogens with one attached hydrogen (secondary N) is 2. The smallest absolute Gasteiger partial charge is 0.331 e. The molecule has 2 fully saturated rings. The second-order valence-electron chi connectivity index (χ2n) is 9.44. The van der Waals surface area contributed by atoms with Gasteiger partial charge in [0.1, 0.15) is 12.3 Å². The van der Waals surface area contributed by atoms with Gasteiger partial charge in [0.05, 0.1) is 31.2 Å². The Kier molecular flexibility index (Phi) is 5.98. The standard InChI is InChI=1S/C26H27N9O3/c1-33-23(36)15-35(26(33)37)21-9-18(17-5-6-17)13-34-14-19(30-24(21)34)11-27-22-12-29-32-25(31-22)28-10-16-3-7-20(38-2)8-4-16/h3-4,7-9,12-14,17H,5-6,10-11,15H2,1-2H3,(H2,27,28,31,32). The third kappa shape index (κ3) is 4.67. The Morgan fingerprint density at radius 2 is 1.87 bits per heavy atom. The Morgan fingerprint density at radius 1 is 1.05 bits per heavy atom. The van der Waals surface area contributed by atoms with Crippen LogP contribution >= 0.6 is 0 Å². The quantitative estimate of drug-likeness (QED) is 0.324. The first-order valence-electron chi connectivity index (χ1n) is 12.4. The first kappa shape index (κ1) is 23.6. The zero-order valence-electron chi connectivity index (χ0n) is 21.1. The van der Waals surface area contributed by atoms with Gasteiger partial charge in [-0.2, -0.15) is 10.1 Å². The van der Waals surface area contributed by atoms with Crippen LogP contribution < -0.4 is 20.3 Å². The van der Waals surface area contributed by atoms with Crippen LogP contribution in [0.15, 0.2) is 48.9 Å². The van der Waals surface area contributed by atoms with Gasteiger partial charge in [-0.1, -0.05) is 12.1 Å². The summed E-state index contributed by atoms with van der Waals surface area (Å²) in [6.45, 7) is 0.947. The topological polar surface area (TPSA) is 130 Å². The van der Waals surface area contributed by atoms with E-state index in [1.54, 1.807) is 13.3 Å². The van der Waals surface area contributed by atoms with Crippen LogP contribution in [0.1, 0.15) is 35.6 Å². The van der Waals surface area contributed by atoms with Crippen molar-refractivity contribution >= 4 is 35.0 Å². The molecule has 6 rings (SSSR count). The number of pyridine rings is 1. The number of urea groups is 1. The van der Waals surface area contributed by atoms with E-state index >= 15 is 0 Å². The number of rotatable bonds is 9. The molecule has 0 unspecified atom stereocenters. The SMILES string of the molecule is COc1ccc(CNc2nncc(NCc3cn4cc(C5CC5)cc(N5CC(=O)N(C)C5=O)c4n3)n2)cc1. The monoisotopic (exact) mass is 513 g/mol. The number of hydrogen-bond donors (Lipinski definition) is 2. The lowest BCUT2D eigenvalue weighted by atomic mass is 10.1. The molecule has 3 aromatic heterocycles. The van der Waals surface area contributed by atoms with Crippen molar-refractivity contribution < 1.29 is 14.3 Å². The van der Waals surface area contributed by atoms with Crippen molar-refractivity contribution in [3.63, 3.8) is 0 Å². The number of anilines is 3. The molecule has 1 saturated carbocycles. The predicted octanol–water partition coefficient (Wildman–Crippen LogP) is 3.03. The fourth-order valence-corrected chi connectivity index (χ4v) is 4.43. The normalized spacial score (nSPS) is 15.4. The summed E-state index contributed by atoms with van der Waals surface area (Å²) in [5.41, 5.74) is 4.24. The molecule has 1 aliphatic heterocycles. The average molecular weight is 514 g/mol. The number of likely N-dealkylation sites (N-methyl/N-ethyl adjacent to an activating group) is 1. The van der Waals surface area contributed by atoms with Crippen LogP contribution in [-0.4, -0.2) is 62.1 Å². The molecule has 0 bridgehead atoms. The van der Waals surface area contributed by atoms with E-state index in [1.165, 1.54) is 11.9 Å². The number of benzene rings is 1. The molecule has 4 aromatic rings. The molecule has 0 atom stereocenters. The Hall–Kier alpha value is -4.74. The summed E-state index contributed by atoms with van der Waals surface area (Å²) in [4.78, 5) is 36.8. The number of carbonyl (C=O) groups is 2. The van der Waals surface area contributed by atoms with Gasteiger partial charge in [0, 0.05) is 26.0 Å². The van der Waals surface area contributed by atoms with Gasteiger partial charge >= 0.3 is 6.03 Å². The van der Waals surface area contributed by atoms with Gasteiger partial charge in [-0.3, -0.25) is 14.6 Å². The molecule has 1 saturated heterocycles.